The fourth-order valence-electron chi connectivity index (χ4n) is 2.33. The molecule has 5 heteroatoms. The smallest absolute Gasteiger partial charge is 0.396 e. The molecule has 0 radical (unpaired) electrons. The van der Waals surface area contributed by atoms with Gasteiger partial charge in [-0.15, -0.1) is 10.2 Å². The number of carbonyl (C=O) groups excluding carboxylic acids is 1. The van der Waals surface area contributed by atoms with Gasteiger partial charge in [0, 0.05) is 6.42 Å². The van der Waals surface area contributed by atoms with Crippen molar-refractivity contribution in [3.63, 3.8) is 0 Å². The standard InChI is InChI=1S/C12H18N2O3/c1-16-12(15)11-14-13-10(17-11)8-7-9-5-3-2-4-6-9/h9H,2-8H2,1H3. The molecular formula is C12H18N2O3. The normalized spacial score (nSPS) is 17.0. The van der Waals surface area contributed by atoms with Gasteiger partial charge in [0.25, 0.3) is 0 Å². The van der Waals surface area contributed by atoms with Crippen LogP contribution in [0.1, 0.15) is 55.1 Å². The first-order valence-electron chi connectivity index (χ1n) is 6.20. The van der Waals surface area contributed by atoms with Crippen LogP contribution in [-0.4, -0.2) is 23.3 Å². The van der Waals surface area contributed by atoms with Crippen LogP contribution in [-0.2, 0) is 11.2 Å². The van der Waals surface area contributed by atoms with E-state index in [1.165, 1.54) is 39.2 Å². The molecule has 0 atom stereocenters. The molecule has 1 heterocycles. The Morgan fingerprint density at radius 3 is 2.82 bits per heavy atom. The summed E-state index contributed by atoms with van der Waals surface area (Å²) in [7, 11) is 1.30. The van der Waals surface area contributed by atoms with Crippen molar-refractivity contribution < 1.29 is 13.9 Å². The Hall–Kier alpha value is -1.39. The third-order valence-corrected chi connectivity index (χ3v) is 3.32. The van der Waals surface area contributed by atoms with Gasteiger partial charge in [0.15, 0.2) is 0 Å². The maximum Gasteiger partial charge on any atom is 0.396 e. The summed E-state index contributed by atoms with van der Waals surface area (Å²) in [5.41, 5.74) is 0. The van der Waals surface area contributed by atoms with E-state index >= 15 is 0 Å². The predicted octanol–water partition coefficient (Wildman–Crippen LogP) is 2.37. The van der Waals surface area contributed by atoms with E-state index in [0.717, 1.165) is 18.8 Å². The maximum atomic E-state index is 11.1. The fourth-order valence-corrected chi connectivity index (χ4v) is 2.33. The largest absolute Gasteiger partial charge is 0.462 e. The molecule has 0 aliphatic heterocycles. The predicted molar refractivity (Wildman–Crippen MR) is 60.5 cm³/mol. The van der Waals surface area contributed by atoms with Crippen molar-refractivity contribution in [3.8, 4) is 0 Å². The van der Waals surface area contributed by atoms with E-state index in [1.54, 1.807) is 0 Å². The lowest BCUT2D eigenvalue weighted by Crippen LogP contribution is -2.07. The lowest BCUT2D eigenvalue weighted by molar-refractivity contribution is 0.0553. The Labute approximate surface area is 101 Å². The molecule has 17 heavy (non-hydrogen) atoms. The number of rotatable bonds is 4. The summed E-state index contributed by atoms with van der Waals surface area (Å²) in [4.78, 5) is 11.1. The zero-order chi connectivity index (χ0) is 12.1. The fraction of sp³-hybridized carbons (Fsp3) is 0.750. The highest BCUT2D eigenvalue weighted by atomic mass is 16.5. The van der Waals surface area contributed by atoms with Crippen molar-refractivity contribution in [1.82, 2.24) is 10.2 Å². The van der Waals surface area contributed by atoms with Crippen LogP contribution in [0.25, 0.3) is 0 Å². The summed E-state index contributed by atoms with van der Waals surface area (Å²) in [6.45, 7) is 0. The first-order valence-corrected chi connectivity index (χ1v) is 6.20. The number of ether oxygens (including phenoxy) is 1. The van der Waals surface area contributed by atoms with Crippen LogP contribution >= 0.6 is 0 Å². The summed E-state index contributed by atoms with van der Waals surface area (Å²) < 4.78 is 9.74. The van der Waals surface area contributed by atoms with Crippen molar-refractivity contribution in [1.29, 1.82) is 0 Å². The van der Waals surface area contributed by atoms with Gasteiger partial charge in [0.05, 0.1) is 7.11 Å². The van der Waals surface area contributed by atoms with E-state index in [4.69, 9.17) is 4.42 Å². The van der Waals surface area contributed by atoms with Crippen LogP contribution in [0.4, 0.5) is 0 Å². The Bertz CT molecular complexity index is 370. The molecule has 1 aromatic heterocycles. The van der Waals surface area contributed by atoms with Gasteiger partial charge in [0.1, 0.15) is 0 Å². The molecule has 0 aromatic carbocycles. The molecule has 0 saturated heterocycles. The molecule has 1 aromatic rings. The highest BCUT2D eigenvalue weighted by Crippen LogP contribution is 2.27. The number of aryl methyl sites for hydroxylation is 1. The van der Waals surface area contributed by atoms with Crippen molar-refractivity contribution in [2.75, 3.05) is 7.11 Å². The van der Waals surface area contributed by atoms with E-state index in [9.17, 15) is 4.79 Å². The topological polar surface area (TPSA) is 65.2 Å². The van der Waals surface area contributed by atoms with E-state index in [0.29, 0.717) is 5.89 Å². The van der Waals surface area contributed by atoms with Crippen LogP contribution in [0.5, 0.6) is 0 Å². The summed E-state index contributed by atoms with van der Waals surface area (Å²) in [5, 5.41) is 7.51. The number of methoxy groups -OCH3 is 1. The van der Waals surface area contributed by atoms with Gasteiger partial charge in [-0.2, -0.15) is 0 Å². The summed E-state index contributed by atoms with van der Waals surface area (Å²) in [6, 6.07) is 0. The van der Waals surface area contributed by atoms with Crippen LogP contribution in [0.15, 0.2) is 4.42 Å². The van der Waals surface area contributed by atoms with Gasteiger partial charge in [0.2, 0.25) is 5.89 Å². The maximum absolute atomic E-state index is 11.1. The van der Waals surface area contributed by atoms with E-state index in [2.05, 4.69) is 14.9 Å². The highest BCUT2D eigenvalue weighted by Gasteiger charge is 2.17. The number of nitrogens with zero attached hydrogens (tertiary/aromatic N) is 2. The minimum absolute atomic E-state index is 0.0499. The highest BCUT2D eigenvalue weighted by molar-refractivity contribution is 5.83. The first-order chi connectivity index (χ1) is 8.29. The number of hydrogen-bond donors (Lipinski definition) is 0. The summed E-state index contributed by atoms with van der Waals surface area (Å²) in [6.07, 6.45) is 8.47. The van der Waals surface area contributed by atoms with Crippen LogP contribution in [0.3, 0.4) is 0 Å². The Morgan fingerprint density at radius 1 is 1.35 bits per heavy atom. The molecule has 94 valence electrons. The second kappa shape index (κ2) is 5.80. The average Bonchev–Trinajstić information content (AvgIpc) is 2.85. The molecule has 0 unspecified atom stereocenters. The Kier molecular flexibility index (Phi) is 4.12. The van der Waals surface area contributed by atoms with E-state index in [-0.39, 0.29) is 5.89 Å². The summed E-state index contributed by atoms with van der Waals surface area (Å²) in [5.74, 6) is 0.695. The lowest BCUT2D eigenvalue weighted by atomic mass is 9.86. The van der Waals surface area contributed by atoms with Crippen LogP contribution in [0.2, 0.25) is 0 Å². The summed E-state index contributed by atoms with van der Waals surface area (Å²) >= 11 is 0. The molecule has 1 aliphatic rings. The Morgan fingerprint density at radius 2 is 2.12 bits per heavy atom. The molecular weight excluding hydrogens is 220 g/mol. The second-order valence-electron chi connectivity index (χ2n) is 4.54. The van der Waals surface area contributed by atoms with Gasteiger partial charge in [-0.1, -0.05) is 32.1 Å². The minimum atomic E-state index is -0.568. The molecule has 2 rings (SSSR count). The van der Waals surface area contributed by atoms with Gasteiger partial charge in [-0.3, -0.25) is 0 Å². The Balaban J connectivity index is 1.82. The van der Waals surface area contributed by atoms with Crippen molar-refractivity contribution in [2.45, 2.75) is 44.9 Å². The minimum Gasteiger partial charge on any atom is -0.462 e. The average molecular weight is 238 g/mol. The van der Waals surface area contributed by atoms with E-state index in [1.807, 2.05) is 0 Å². The van der Waals surface area contributed by atoms with Gasteiger partial charge in [-0.25, -0.2) is 4.79 Å². The SMILES string of the molecule is COC(=O)c1nnc(CCC2CCCCC2)o1. The zero-order valence-corrected chi connectivity index (χ0v) is 10.1. The lowest BCUT2D eigenvalue weighted by Gasteiger charge is -2.20. The zero-order valence-electron chi connectivity index (χ0n) is 10.1. The molecule has 1 saturated carbocycles. The second-order valence-corrected chi connectivity index (χ2v) is 4.54. The van der Waals surface area contributed by atoms with Gasteiger partial charge in [-0.05, 0) is 12.3 Å². The molecule has 1 aliphatic carbocycles. The third-order valence-electron chi connectivity index (χ3n) is 3.32. The number of carbonyl (C=O) groups is 1. The molecule has 0 amide bonds. The molecule has 1 fully saturated rings. The molecule has 0 N–H and O–H groups in total. The molecule has 0 spiro atoms. The first kappa shape index (κ1) is 12.1. The van der Waals surface area contributed by atoms with Crippen molar-refractivity contribution in [3.05, 3.63) is 11.8 Å². The third kappa shape index (κ3) is 3.28. The van der Waals surface area contributed by atoms with Crippen LogP contribution in [0, 0.1) is 5.92 Å². The van der Waals surface area contributed by atoms with Gasteiger partial charge < -0.3 is 9.15 Å². The quantitative estimate of drug-likeness (QED) is 0.753. The molecule has 5 nitrogen and oxygen atoms in total. The van der Waals surface area contributed by atoms with E-state index < -0.39 is 5.97 Å². The molecule has 0 bridgehead atoms. The number of aromatic nitrogens is 2. The van der Waals surface area contributed by atoms with Crippen molar-refractivity contribution >= 4 is 5.97 Å². The number of esters is 1. The van der Waals surface area contributed by atoms with Crippen molar-refractivity contribution in [2.24, 2.45) is 5.92 Å². The number of hydrogen-bond acceptors (Lipinski definition) is 5. The monoisotopic (exact) mass is 238 g/mol. The van der Waals surface area contributed by atoms with Crippen LogP contribution < -0.4 is 0 Å². The van der Waals surface area contributed by atoms with Gasteiger partial charge >= 0.3 is 11.9 Å².